The molecule has 3 heterocycles. The van der Waals surface area contributed by atoms with Crippen LogP contribution in [0.15, 0.2) is 58.8 Å². The van der Waals surface area contributed by atoms with Crippen molar-refractivity contribution in [1.82, 2.24) is 14.8 Å². The normalized spacial score (nSPS) is 10.9. The van der Waals surface area contributed by atoms with Gasteiger partial charge in [0.2, 0.25) is 0 Å². The van der Waals surface area contributed by atoms with Crippen LogP contribution in [0.5, 0.6) is 0 Å². The summed E-state index contributed by atoms with van der Waals surface area (Å²) in [5.41, 5.74) is 2.26. The van der Waals surface area contributed by atoms with E-state index >= 15 is 0 Å². The third-order valence-electron chi connectivity index (χ3n) is 4.47. The van der Waals surface area contributed by atoms with Crippen LogP contribution in [-0.2, 0) is 6.54 Å². The van der Waals surface area contributed by atoms with E-state index in [9.17, 15) is 9.59 Å². The molecule has 7 heteroatoms. The number of hydrogen-bond acceptors (Lipinski definition) is 6. The Morgan fingerprint density at radius 2 is 2.04 bits per heavy atom. The van der Waals surface area contributed by atoms with Crippen molar-refractivity contribution in [3.8, 4) is 10.6 Å². The average Bonchev–Trinajstić information content (AvgIpc) is 3.24. The molecular formula is C21H18N4O2S. The number of carbonyl (C=O) groups excluding carboxylic acids is 1. The first kappa shape index (κ1) is 18.1. The van der Waals surface area contributed by atoms with Crippen LogP contribution in [0.3, 0.4) is 0 Å². The molecule has 0 radical (unpaired) electrons. The number of nitrogens with zero attached hydrogens (tertiary/aromatic N) is 3. The maximum Gasteiger partial charge on any atom is 0.291 e. The molecule has 0 atom stereocenters. The zero-order valence-corrected chi connectivity index (χ0v) is 16.3. The van der Waals surface area contributed by atoms with E-state index < -0.39 is 0 Å². The van der Waals surface area contributed by atoms with Crippen LogP contribution in [-0.4, -0.2) is 20.5 Å². The summed E-state index contributed by atoms with van der Waals surface area (Å²) < 4.78 is 1.38. The number of rotatable bonds is 5. The molecule has 0 aliphatic rings. The quantitative estimate of drug-likeness (QED) is 0.508. The minimum Gasteiger partial charge on any atom is -0.350 e. The van der Waals surface area contributed by atoms with E-state index in [1.807, 2.05) is 54.8 Å². The highest BCUT2D eigenvalue weighted by molar-refractivity contribution is 7.13. The molecule has 0 spiro atoms. The first-order valence-corrected chi connectivity index (χ1v) is 9.78. The zero-order valence-electron chi connectivity index (χ0n) is 15.5. The summed E-state index contributed by atoms with van der Waals surface area (Å²) in [4.78, 5) is 30.8. The second-order valence-electron chi connectivity index (χ2n) is 6.25. The minimum absolute atomic E-state index is 0.211. The van der Waals surface area contributed by atoms with Crippen molar-refractivity contribution in [3.05, 3.63) is 70.0 Å². The number of thiophene rings is 1. The van der Waals surface area contributed by atoms with Gasteiger partial charge >= 0.3 is 0 Å². The van der Waals surface area contributed by atoms with Gasteiger partial charge in [-0.3, -0.25) is 14.6 Å². The predicted octanol–water partition coefficient (Wildman–Crippen LogP) is 4.49. The summed E-state index contributed by atoms with van der Waals surface area (Å²) in [5.74, 6) is -0.211. The third-order valence-corrected chi connectivity index (χ3v) is 5.34. The highest BCUT2D eigenvalue weighted by Crippen LogP contribution is 2.32. The average molecular weight is 390 g/mol. The number of ketones is 1. The van der Waals surface area contributed by atoms with Gasteiger partial charge in [0.15, 0.2) is 5.78 Å². The maximum atomic E-state index is 13.1. The van der Waals surface area contributed by atoms with E-state index in [0.29, 0.717) is 17.8 Å². The van der Waals surface area contributed by atoms with Crippen LogP contribution < -0.4 is 10.9 Å². The van der Waals surface area contributed by atoms with Crippen molar-refractivity contribution in [2.75, 3.05) is 5.32 Å². The minimum atomic E-state index is -0.325. The third kappa shape index (κ3) is 3.10. The zero-order chi connectivity index (χ0) is 19.7. The molecule has 4 aromatic rings. The van der Waals surface area contributed by atoms with E-state index in [1.165, 1.54) is 22.9 Å². The van der Waals surface area contributed by atoms with E-state index in [2.05, 4.69) is 15.4 Å². The number of fused-ring (bicyclic) bond motifs is 1. The Labute approximate surface area is 165 Å². The number of carbonyl (C=O) groups is 1. The first-order valence-electron chi connectivity index (χ1n) is 8.91. The van der Waals surface area contributed by atoms with Crippen LogP contribution in [0, 0.1) is 0 Å². The molecule has 0 unspecified atom stereocenters. The molecule has 1 aromatic carbocycles. The van der Waals surface area contributed by atoms with Gasteiger partial charge in [0.05, 0.1) is 16.0 Å². The van der Waals surface area contributed by atoms with Crippen molar-refractivity contribution in [2.45, 2.75) is 20.4 Å². The van der Waals surface area contributed by atoms with Crippen molar-refractivity contribution in [1.29, 1.82) is 0 Å². The Kier molecular flexibility index (Phi) is 4.75. The second-order valence-corrected chi connectivity index (χ2v) is 7.20. The van der Waals surface area contributed by atoms with Crippen LogP contribution in [0.1, 0.15) is 24.2 Å². The van der Waals surface area contributed by atoms with Crippen molar-refractivity contribution in [2.24, 2.45) is 0 Å². The van der Waals surface area contributed by atoms with E-state index in [-0.39, 0.29) is 17.0 Å². The molecule has 4 rings (SSSR count). The van der Waals surface area contributed by atoms with Crippen molar-refractivity contribution >= 4 is 39.4 Å². The summed E-state index contributed by atoms with van der Waals surface area (Å²) in [6.45, 7) is 3.71. The fourth-order valence-corrected chi connectivity index (χ4v) is 3.89. The summed E-state index contributed by atoms with van der Waals surface area (Å²) in [5, 5.41) is 10.5. The topological polar surface area (TPSA) is 76.9 Å². The van der Waals surface area contributed by atoms with Gasteiger partial charge < -0.3 is 5.32 Å². The second kappa shape index (κ2) is 7.36. The molecular weight excluding hydrogens is 372 g/mol. The van der Waals surface area contributed by atoms with E-state index in [0.717, 1.165) is 21.5 Å². The largest absolute Gasteiger partial charge is 0.350 e. The number of Topliss-reactive ketones (excluding diaryl/α,β-unsaturated/α-hetero) is 1. The molecule has 0 aliphatic heterocycles. The van der Waals surface area contributed by atoms with E-state index in [1.54, 1.807) is 6.20 Å². The molecule has 6 nitrogen and oxygen atoms in total. The molecule has 3 aromatic heterocycles. The lowest BCUT2D eigenvalue weighted by Crippen LogP contribution is -2.28. The SMILES string of the molecule is CCn1nc(-c2cccs2)c(C(C)=O)c(Nc2cccc3ncccc23)c1=O. The summed E-state index contributed by atoms with van der Waals surface area (Å²) in [7, 11) is 0. The number of pyridine rings is 1. The van der Waals surface area contributed by atoms with Crippen LogP contribution in [0.2, 0.25) is 0 Å². The lowest BCUT2D eigenvalue weighted by atomic mass is 10.1. The van der Waals surface area contributed by atoms with Gasteiger partial charge in [-0.25, -0.2) is 4.68 Å². The van der Waals surface area contributed by atoms with Gasteiger partial charge in [-0.2, -0.15) is 5.10 Å². The van der Waals surface area contributed by atoms with Crippen LogP contribution in [0.4, 0.5) is 11.4 Å². The highest BCUT2D eigenvalue weighted by atomic mass is 32.1. The Morgan fingerprint density at radius 3 is 2.75 bits per heavy atom. The lowest BCUT2D eigenvalue weighted by Gasteiger charge is -2.16. The van der Waals surface area contributed by atoms with Gasteiger partial charge in [0, 0.05) is 23.8 Å². The van der Waals surface area contributed by atoms with E-state index in [4.69, 9.17) is 0 Å². The summed E-state index contributed by atoms with van der Waals surface area (Å²) in [6.07, 6.45) is 1.72. The molecule has 1 N–H and O–H groups in total. The highest BCUT2D eigenvalue weighted by Gasteiger charge is 2.22. The van der Waals surface area contributed by atoms with Gasteiger partial charge in [-0.1, -0.05) is 12.1 Å². The number of nitrogens with one attached hydrogen (secondary N) is 1. The summed E-state index contributed by atoms with van der Waals surface area (Å²) >= 11 is 1.48. The van der Waals surface area contributed by atoms with Gasteiger partial charge in [-0.15, -0.1) is 11.3 Å². The molecule has 0 aliphatic carbocycles. The number of hydrogen-bond donors (Lipinski definition) is 1. The number of benzene rings is 1. The fraction of sp³-hybridized carbons (Fsp3) is 0.143. The van der Waals surface area contributed by atoms with Crippen molar-refractivity contribution < 1.29 is 4.79 Å². The fourth-order valence-electron chi connectivity index (χ4n) is 3.18. The first-order chi connectivity index (χ1) is 13.6. The molecule has 0 saturated carbocycles. The van der Waals surface area contributed by atoms with Gasteiger partial charge in [0.25, 0.3) is 5.56 Å². The monoisotopic (exact) mass is 390 g/mol. The standard InChI is InChI=1S/C21H18N4O2S/c1-3-25-21(27)20(18(13(2)26)19(24-25)17-10-6-12-28-17)23-16-9-4-8-15-14(16)7-5-11-22-15/h4-12,23H,3H2,1-2H3. The molecule has 28 heavy (non-hydrogen) atoms. The molecule has 0 bridgehead atoms. The smallest absolute Gasteiger partial charge is 0.291 e. The Hall–Kier alpha value is -3.32. The maximum absolute atomic E-state index is 13.1. The predicted molar refractivity (Wildman–Crippen MR) is 113 cm³/mol. The molecule has 0 saturated heterocycles. The Bertz CT molecular complexity index is 1220. The van der Waals surface area contributed by atoms with Crippen LogP contribution in [0.25, 0.3) is 21.5 Å². The Morgan fingerprint density at radius 1 is 1.18 bits per heavy atom. The van der Waals surface area contributed by atoms with Gasteiger partial charge in [0.1, 0.15) is 11.4 Å². The number of aryl methyl sites for hydroxylation is 1. The summed E-state index contributed by atoms with van der Waals surface area (Å²) in [6, 6.07) is 13.2. The van der Waals surface area contributed by atoms with Gasteiger partial charge in [-0.05, 0) is 49.6 Å². The number of aromatic nitrogens is 3. The van der Waals surface area contributed by atoms with Crippen molar-refractivity contribution in [3.63, 3.8) is 0 Å². The molecule has 0 fully saturated rings. The molecule has 140 valence electrons. The Balaban J connectivity index is 1.99. The molecule has 0 amide bonds. The number of anilines is 2. The van der Waals surface area contributed by atoms with Crippen LogP contribution >= 0.6 is 11.3 Å². The lowest BCUT2D eigenvalue weighted by molar-refractivity contribution is 0.101.